The van der Waals surface area contributed by atoms with E-state index in [0.29, 0.717) is 22.9 Å². The van der Waals surface area contributed by atoms with Crippen LogP contribution in [0, 0.1) is 0 Å². The number of Topliss-reactive ketones (excluding diaryl/α,β-unsaturated/α-hetero) is 1. The summed E-state index contributed by atoms with van der Waals surface area (Å²) in [5.41, 5.74) is 1.89. The number of hydrogen-bond donors (Lipinski definition) is 0. The fraction of sp³-hybridized carbons (Fsp3) is 0.0833. The Morgan fingerprint density at radius 1 is 0.906 bits per heavy atom. The number of ketones is 1. The summed E-state index contributed by atoms with van der Waals surface area (Å²) < 4.78 is 17.3. The summed E-state index contributed by atoms with van der Waals surface area (Å²) in [6, 6.07) is 23.6. The normalized spacial score (nSPS) is 11.9. The van der Waals surface area contributed by atoms with Gasteiger partial charge in [0.25, 0.3) is 5.82 Å². The molecule has 3 aromatic carbocycles. The van der Waals surface area contributed by atoms with E-state index in [0.717, 1.165) is 11.3 Å². The molecule has 0 unspecified atom stereocenters. The number of ether oxygens (including phenoxy) is 3. The Morgan fingerprint density at radius 2 is 1.62 bits per heavy atom. The van der Waals surface area contributed by atoms with Crippen LogP contribution in [-0.4, -0.2) is 39.9 Å². The number of carbonyl (C=O) groups excluding carboxylic acids is 2. The van der Waals surface area contributed by atoms with Gasteiger partial charge in [-0.15, -0.1) is 5.10 Å². The van der Waals surface area contributed by atoms with Gasteiger partial charge in [-0.1, -0.05) is 48.5 Å². The van der Waals surface area contributed by atoms with Gasteiger partial charge in [-0.05, 0) is 30.3 Å². The van der Waals surface area contributed by atoms with Crippen molar-refractivity contribution in [3.05, 3.63) is 90.3 Å². The molecule has 0 saturated heterocycles. The van der Waals surface area contributed by atoms with Crippen LogP contribution >= 0.6 is 0 Å². The highest BCUT2D eigenvalue weighted by molar-refractivity contribution is 5.99. The van der Waals surface area contributed by atoms with Crippen molar-refractivity contribution in [2.75, 3.05) is 13.4 Å². The molecule has 1 aliphatic heterocycles. The van der Waals surface area contributed by atoms with Crippen LogP contribution in [0.3, 0.4) is 0 Å². The van der Waals surface area contributed by atoms with Gasteiger partial charge in [0.1, 0.15) is 0 Å². The first kappa shape index (κ1) is 19.5. The Morgan fingerprint density at radius 3 is 2.41 bits per heavy atom. The SMILES string of the molecule is O=C(COC(=O)c1nc(-c2ccccc2)n(-c2ccccc2)n1)c1ccc2c(c1)OCO2. The van der Waals surface area contributed by atoms with Crippen LogP contribution in [0.25, 0.3) is 17.1 Å². The van der Waals surface area contributed by atoms with Gasteiger partial charge in [0.2, 0.25) is 6.79 Å². The lowest BCUT2D eigenvalue weighted by molar-refractivity contribution is 0.0462. The van der Waals surface area contributed by atoms with Crippen LogP contribution in [0.1, 0.15) is 21.0 Å². The van der Waals surface area contributed by atoms with Crippen molar-refractivity contribution in [1.82, 2.24) is 14.8 Å². The van der Waals surface area contributed by atoms with Crippen LogP contribution in [0.4, 0.5) is 0 Å². The van der Waals surface area contributed by atoms with E-state index in [9.17, 15) is 9.59 Å². The fourth-order valence-corrected chi connectivity index (χ4v) is 3.27. The van der Waals surface area contributed by atoms with Crippen molar-refractivity contribution in [2.45, 2.75) is 0 Å². The van der Waals surface area contributed by atoms with E-state index in [1.54, 1.807) is 22.9 Å². The number of esters is 1. The second-order valence-corrected chi connectivity index (χ2v) is 6.94. The zero-order valence-electron chi connectivity index (χ0n) is 16.8. The molecule has 0 N–H and O–H groups in total. The molecule has 1 aliphatic rings. The highest BCUT2D eigenvalue weighted by Gasteiger charge is 2.22. The number of benzene rings is 3. The summed E-state index contributed by atoms with van der Waals surface area (Å²) in [5, 5.41) is 4.34. The van der Waals surface area contributed by atoms with E-state index in [-0.39, 0.29) is 18.4 Å². The first-order chi connectivity index (χ1) is 15.7. The van der Waals surface area contributed by atoms with E-state index in [4.69, 9.17) is 14.2 Å². The Bertz CT molecular complexity index is 1230. The van der Waals surface area contributed by atoms with Gasteiger partial charge < -0.3 is 14.2 Å². The van der Waals surface area contributed by atoms with Crippen LogP contribution in [0.15, 0.2) is 78.9 Å². The molecular weight excluding hydrogens is 410 g/mol. The van der Waals surface area contributed by atoms with Gasteiger partial charge in [-0.25, -0.2) is 14.5 Å². The van der Waals surface area contributed by atoms with Crippen molar-refractivity contribution < 1.29 is 23.8 Å². The second kappa shape index (κ2) is 8.35. The van der Waals surface area contributed by atoms with Crippen molar-refractivity contribution >= 4 is 11.8 Å². The summed E-state index contributed by atoms with van der Waals surface area (Å²) in [4.78, 5) is 29.5. The number of hydrogen-bond acceptors (Lipinski definition) is 7. The standard InChI is InChI=1S/C24H17N3O5/c28-19(17-11-12-20-21(13-17)32-15-31-20)14-30-24(29)22-25-23(16-7-3-1-4-8-16)27(26-22)18-9-5-2-6-10-18/h1-13H,14-15H2. The number of fused-ring (bicyclic) bond motifs is 1. The van der Waals surface area contributed by atoms with E-state index < -0.39 is 12.6 Å². The van der Waals surface area contributed by atoms with Crippen molar-refractivity contribution in [2.24, 2.45) is 0 Å². The lowest BCUT2D eigenvalue weighted by Gasteiger charge is -2.05. The lowest BCUT2D eigenvalue weighted by Crippen LogP contribution is -2.15. The third-order valence-electron chi connectivity index (χ3n) is 4.85. The quantitative estimate of drug-likeness (QED) is 0.342. The average molecular weight is 427 g/mol. The van der Waals surface area contributed by atoms with Gasteiger partial charge in [0, 0.05) is 11.1 Å². The maximum atomic E-state index is 12.6. The Labute approximate surface area is 183 Å². The molecular formula is C24H17N3O5. The van der Waals surface area contributed by atoms with Crippen molar-refractivity contribution in [3.8, 4) is 28.6 Å². The summed E-state index contributed by atoms with van der Waals surface area (Å²) in [6.45, 7) is -0.333. The molecule has 32 heavy (non-hydrogen) atoms. The summed E-state index contributed by atoms with van der Waals surface area (Å²) in [7, 11) is 0. The average Bonchev–Trinajstić information content (AvgIpc) is 3.50. The largest absolute Gasteiger partial charge is 0.454 e. The predicted octanol–water partition coefficient (Wildman–Crippen LogP) is 3.70. The van der Waals surface area contributed by atoms with Gasteiger partial charge in [0.05, 0.1) is 5.69 Å². The topological polar surface area (TPSA) is 92.5 Å². The Kier molecular flexibility index (Phi) is 5.09. The Balaban J connectivity index is 1.37. The number of carbonyl (C=O) groups is 2. The lowest BCUT2D eigenvalue weighted by atomic mass is 10.1. The minimum atomic E-state index is -0.786. The number of nitrogens with zero attached hydrogens (tertiary/aromatic N) is 3. The maximum Gasteiger partial charge on any atom is 0.378 e. The van der Waals surface area contributed by atoms with Crippen LogP contribution in [0.2, 0.25) is 0 Å². The predicted molar refractivity (Wildman–Crippen MR) is 114 cm³/mol. The molecule has 158 valence electrons. The molecule has 4 aromatic rings. The molecule has 0 radical (unpaired) electrons. The zero-order valence-corrected chi connectivity index (χ0v) is 16.8. The molecule has 0 atom stereocenters. The number of aromatic nitrogens is 3. The Hall–Kier alpha value is -4.46. The molecule has 0 aliphatic carbocycles. The molecule has 8 nitrogen and oxygen atoms in total. The van der Waals surface area contributed by atoms with Gasteiger partial charge in [-0.3, -0.25) is 4.79 Å². The van der Waals surface area contributed by atoms with E-state index >= 15 is 0 Å². The van der Waals surface area contributed by atoms with Crippen molar-refractivity contribution in [3.63, 3.8) is 0 Å². The molecule has 2 heterocycles. The fourth-order valence-electron chi connectivity index (χ4n) is 3.27. The smallest absolute Gasteiger partial charge is 0.378 e. The van der Waals surface area contributed by atoms with Gasteiger partial charge in [0.15, 0.2) is 29.7 Å². The highest BCUT2D eigenvalue weighted by atomic mass is 16.7. The van der Waals surface area contributed by atoms with Crippen LogP contribution < -0.4 is 9.47 Å². The maximum absolute atomic E-state index is 12.6. The third kappa shape index (κ3) is 3.81. The first-order valence-corrected chi connectivity index (χ1v) is 9.87. The molecule has 8 heteroatoms. The van der Waals surface area contributed by atoms with Gasteiger partial charge in [-0.2, -0.15) is 0 Å². The summed E-state index contributed by atoms with van der Waals surface area (Å²) in [5.74, 6) is 0.256. The van der Waals surface area contributed by atoms with E-state index in [2.05, 4.69) is 10.1 Å². The molecule has 1 aromatic heterocycles. The zero-order chi connectivity index (χ0) is 21.9. The first-order valence-electron chi connectivity index (χ1n) is 9.87. The van der Waals surface area contributed by atoms with E-state index in [1.165, 1.54) is 0 Å². The number of para-hydroxylation sites is 1. The van der Waals surface area contributed by atoms with E-state index in [1.807, 2.05) is 60.7 Å². The minimum Gasteiger partial charge on any atom is -0.454 e. The van der Waals surface area contributed by atoms with Gasteiger partial charge >= 0.3 is 5.97 Å². The molecule has 0 spiro atoms. The summed E-state index contributed by atoms with van der Waals surface area (Å²) >= 11 is 0. The molecule has 5 rings (SSSR count). The van der Waals surface area contributed by atoms with Crippen molar-refractivity contribution in [1.29, 1.82) is 0 Å². The minimum absolute atomic E-state index is 0.113. The number of rotatable bonds is 6. The summed E-state index contributed by atoms with van der Waals surface area (Å²) in [6.07, 6.45) is 0. The molecule has 0 amide bonds. The second-order valence-electron chi connectivity index (χ2n) is 6.94. The molecule has 0 saturated carbocycles. The van der Waals surface area contributed by atoms with Crippen LogP contribution in [0.5, 0.6) is 11.5 Å². The third-order valence-corrected chi connectivity index (χ3v) is 4.85. The highest BCUT2D eigenvalue weighted by Crippen LogP contribution is 2.32. The monoisotopic (exact) mass is 427 g/mol. The molecule has 0 bridgehead atoms. The molecule has 0 fully saturated rings. The van der Waals surface area contributed by atoms with Crippen LogP contribution in [-0.2, 0) is 4.74 Å².